The SMILES string of the molecule is CCCN(C(=O)OC(C)(C)C)C(C)(C(=O)O)c1nccnc1C. The van der Waals surface area contributed by atoms with Gasteiger partial charge in [-0.1, -0.05) is 6.92 Å². The first-order valence-electron chi connectivity index (χ1n) is 7.56. The summed E-state index contributed by atoms with van der Waals surface area (Å²) in [5.74, 6) is -1.18. The van der Waals surface area contributed by atoms with Crippen LogP contribution in [0.15, 0.2) is 12.4 Å². The third-order valence-corrected chi connectivity index (χ3v) is 3.36. The molecule has 0 spiro atoms. The van der Waals surface area contributed by atoms with Crippen LogP contribution in [0.1, 0.15) is 52.4 Å². The number of nitrogens with zero attached hydrogens (tertiary/aromatic N) is 3. The van der Waals surface area contributed by atoms with Gasteiger partial charge >= 0.3 is 12.1 Å². The van der Waals surface area contributed by atoms with Crippen molar-refractivity contribution < 1.29 is 19.4 Å². The molecule has 0 saturated heterocycles. The van der Waals surface area contributed by atoms with E-state index in [1.165, 1.54) is 24.2 Å². The predicted octanol–water partition coefficient (Wildman–Crippen LogP) is 2.73. The Morgan fingerprint density at radius 2 is 1.78 bits per heavy atom. The van der Waals surface area contributed by atoms with Crippen molar-refractivity contribution in [3.8, 4) is 0 Å². The van der Waals surface area contributed by atoms with Gasteiger partial charge in [0, 0.05) is 18.9 Å². The summed E-state index contributed by atoms with van der Waals surface area (Å²) in [5, 5.41) is 9.84. The minimum Gasteiger partial charge on any atom is -0.479 e. The molecule has 1 aromatic rings. The molecule has 0 aliphatic carbocycles. The predicted molar refractivity (Wildman–Crippen MR) is 85.0 cm³/mol. The molecule has 0 aliphatic rings. The van der Waals surface area contributed by atoms with E-state index in [0.29, 0.717) is 12.1 Å². The smallest absolute Gasteiger partial charge is 0.411 e. The molecule has 23 heavy (non-hydrogen) atoms. The van der Waals surface area contributed by atoms with Gasteiger partial charge in [-0.05, 0) is 41.0 Å². The number of carboxylic acids is 1. The van der Waals surface area contributed by atoms with Crippen LogP contribution in [0, 0.1) is 6.92 Å². The molecule has 0 fully saturated rings. The van der Waals surface area contributed by atoms with E-state index in [1.54, 1.807) is 27.7 Å². The highest BCUT2D eigenvalue weighted by Crippen LogP contribution is 2.30. The van der Waals surface area contributed by atoms with E-state index in [4.69, 9.17) is 4.74 Å². The number of hydrogen-bond donors (Lipinski definition) is 1. The summed E-state index contributed by atoms with van der Waals surface area (Å²) >= 11 is 0. The molecule has 0 radical (unpaired) electrons. The van der Waals surface area contributed by atoms with Gasteiger partial charge in [-0.15, -0.1) is 0 Å². The maximum atomic E-state index is 12.6. The lowest BCUT2D eigenvalue weighted by molar-refractivity contribution is -0.151. The quantitative estimate of drug-likeness (QED) is 0.895. The standard InChI is InChI=1S/C16H25N3O4/c1-7-10-19(14(22)23-15(3,4)5)16(6,13(20)21)12-11(2)17-8-9-18-12/h8-9H,7,10H2,1-6H3,(H,20,21). The number of aromatic nitrogens is 2. The van der Waals surface area contributed by atoms with Crippen LogP contribution in [0.3, 0.4) is 0 Å². The third-order valence-electron chi connectivity index (χ3n) is 3.36. The number of carbonyl (C=O) groups excluding carboxylic acids is 1. The number of ether oxygens (including phenoxy) is 1. The van der Waals surface area contributed by atoms with Crippen molar-refractivity contribution in [2.24, 2.45) is 0 Å². The summed E-state index contributed by atoms with van der Waals surface area (Å²) in [6, 6.07) is 0. The highest BCUT2D eigenvalue weighted by molar-refractivity contribution is 5.85. The topological polar surface area (TPSA) is 92.6 Å². The van der Waals surface area contributed by atoms with Crippen molar-refractivity contribution in [3.63, 3.8) is 0 Å². The Kier molecular flexibility index (Phi) is 5.69. The van der Waals surface area contributed by atoms with Crippen LogP contribution in [-0.2, 0) is 15.1 Å². The van der Waals surface area contributed by atoms with Gasteiger partial charge in [-0.3, -0.25) is 14.9 Å². The van der Waals surface area contributed by atoms with E-state index in [9.17, 15) is 14.7 Å². The second-order valence-electron chi connectivity index (χ2n) is 6.50. The molecule has 1 atom stereocenters. The van der Waals surface area contributed by atoms with Crippen molar-refractivity contribution in [1.29, 1.82) is 0 Å². The Hall–Kier alpha value is -2.18. The van der Waals surface area contributed by atoms with E-state index < -0.39 is 23.2 Å². The van der Waals surface area contributed by atoms with Crippen molar-refractivity contribution in [2.75, 3.05) is 6.54 Å². The molecule has 1 rings (SSSR count). The summed E-state index contributed by atoms with van der Waals surface area (Å²) in [4.78, 5) is 34.1. The van der Waals surface area contributed by atoms with Crippen molar-refractivity contribution in [3.05, 3.63) is 23.8 Å². The van der Waals surface area contributed by atoms with Crippen LogP contribution in [0.25, 0.3) is 0 Å². The van der Waals surface area contributed by atoms with Gasteiger partial charge in [0.2, 0.25) is 0 Å². The Balaban J connectivity index is 3.40. The first-order chi connectivity index (χ1) is 10.5. The molecule has 7 heteroatoms. The molecular weight excluding hydrogens is 298 g/mol. The van der Waals surface area contributed by atoms with Crippen LogP contribution in [-0.4, -0.2) is 44.2 Å². The molecule has 0 bridgehead atoms. The number of carboxylic acid groups (broad SMARTS) is 1. The van der Waals surface area contributed by atoms with E-state index in [0.717, 1.165) is 0 Å². The largest absolute Gasteiger partial charge is 0.479 e. The number of aliphatic carboxylic acids is 1. The number of rotatable bonds is 5. The molecule has 1 unspecified atom stereocenters. The molecule has 7 nitrogen and oxygen atoms in total. The average molecular weight is 323 g/mol. The number of amides is 1. The maximum Gasteiger partial charge on any atom is 0.411 e. The van der Waals surface area contributed by atoms with E-state index in [-0.39, 0.29) is 12.2 Å². The summed E-state index contributed by atoms with van der Waals surface area (Å²) < 4.78 is 5.39. The van der Waals surface area contributed by atoms with Crippen LogP contribution >= 0.6 is 0 Å². The van der Waals surface area contributed by atoms with Crippen molar-refractivity contribution in [2.45, 2.75) is 59.1 Å². The number of aryl methyl sites for hydroxylation is 1. The number of carbonyl (C=O) groups is 2. The van der Waals surface area contributed by atoms with Crippen LogP contribution in [0.2, 0.25) is 0 Å². The Labute approximate surface area is 136 Å². The zero-order chi connectivity index (χ0) is 17.8. The lowest BCUT2D eigenvalue weighted by atomic mass is 9.93. The fraction of sp³-hybridized carbons (Fsp3) is 0.625. The monoisotopic (exact) mass is 323 g/mol. The molecule has 0 saturated carbocycles. The maximum absolute atomic E-state index is 12.6. The van der Waals surface area contributed by atoms with Gasteiger partial charge in [0.25, 0.3) is 0 Å². The first-order valence-corrected chi connectivity index (χ1v) is 7.56. The molecular formula is C16H25N3O4. The van der Waals surface area contributed by atoms with Gasteiger partial charge in [0.05, 0.1) is 11.4 Å². The molecule has 1 N–H and O–H groups in total. The van der Waals surface area contributed by atoms with Gasteiger partial charge in [0.1, 0.15) is 5.60 Å². The highest BCUT2D eigenvalue weighted by atomic mass is 16.6. The minimum absolute atomic E-state index is 0.229. The van der Waals surface area contributed by atoms with Crippen molar-refractivity contribution >= 4 is 12.1 Å². The van der Waals surface area contributed by atoms with Gasteiger partial charge in [-0.2, -0.15) is 0 Å². The fourth-order valence-corrected chi connectivity index (χ4v) is 2.27. The summed E-state index contributed by atoms with van der Waals surface area (Å²) in [6.45, 7) is 10.4. The first kappa shape index (κ1) is 18.9. The van der Waals surface area contributed by atoms with Gasteiger partial charge in [-0.25, -0.2) is 9.59 Å². The molecule has 1 amide bonds. The zero-order valence-electron chi connectivity index (χ0n) is 14.6. The molecule has 1 aromatic heterocycles. The fourth-order valence-electron chi connectivity index (χ4n) is 2.27. The minimum atomic E-state index is -1.66. The summed E-state index contributed by atoms with van der Waals surface area (Å²) in [6.07, 6.45) is 2.80. The molecule has 0 aliphatic heterocycles. The van der Waals surface area contributed by atoms with Crippen LogP contribution < -0.4 is 0 Å². The Bertz CT molecular complexity index is 583. The van der Waals surface area contributed by atoms with Gasteiger partial charge < -0.3 is 9.84 Å². The van der Waals surface area contributed by atoms with E-state index in [2.05, 4.69) is 9.97 Å². The van der Waals surface area contributed by atoms with E-state index in [1.807, 2.05) is 6.92 Å². The lowest BCUT2D eigenvalue weighted by Gasteiger charge is -2.38. The van der Waals surface area contributed by atoms with Crippen LogP contribution in [0.4, 0.5) is 4.79 Å². The third kappa shape index (κ3) is 4.18. The summed E-state index contributed by atoms with van der Waals surface area (Å²) in [7, 11) is 0. The Morgan fingerprint density at radius 3 is 2.22 bits per heavy atom. The normalized spacial score (nSPS) is 14.0. The molecule has 1 heterocycles. The second kappa shape index (κ2) is 6.93. The lowest BCUT2D eigenvalue weighted by Crippen LogP contribution is -2.55. The molecule has 128 valence electrons. The molecule has 0 aromatic carbocycles. The average Bonchev–Trinajstić information content (AvgIpc) is 2.42. The summed E-state index contributed by atoms with van der Waals surface area (Å²) in [5.41, 5.74) is -1.69. The van der Waals surface area contributed by atoms with E-state index >= 15 is 0 Å². The Morgan fingerprint density at radius 1 is 1.22 bits per heavy atom. The number of hydrogen-bond acceptors (Lipinski definition) is 5. The van der Waals surface area contributed by atoms with Gasteiger partial charge in [0.15, 0.2) is 5.54 Å². The zero-order valence-corrected chi connectivity index (χ0v) is 14.6. The van der Waals surface area contributed by atoms with Crippen LogP contribution in [0.5, 0.6) is 0 Å². The second-order valence-corrected chi connectivity index (χ2v) is 6.50. The van der Waals surface area contributed by atoms with Crippen molar-refractivity contribution in [1.82, 2.24) is 14.9 Å². The highest BCUT2D eigenvalue weighted by Gasteiger charge is 2.47.